The Balaban J connectivity index is 0.00000280. The van der Waals surface area contributed by atoms with Crippen molar-refractivity contribution in [2.24, 2.45) is 4.99 Å². The summed E-state index contributed by atoms with van der Waals surface area (Å²) in [4.78, 5) is 13.6. The maximum atomic E-state index is 6.02. The van der Waals surface area contributed by atoms with E-state index in [0.717, 1.165) is 54.1 Å². The zero-order chi connectivity index (χ0) is 19.1. The van der Waals surface area contributed by atoms with Gasteiger partial charge in [0.05, 0.1) is 0 Å². The minimum Gasteiger partial charge on any atom is -0.354 e. The van der Waals surface area contributed by atoms with Gasteiger partial charge in [-0.15, -0.1) is 24.0 Å². The lowest BCUT2D eigenvalue weighted by atomic mass is 10.2. The number of halogens is 2. The number of nitrogens with zero attached hydrogens (tertiary/aromatic N) is 4. The number of aromatic nitrogens is 1. The maximum Gasteiger partial charge on any atom is 0.191 e. The molecule has 2 aromatic rings. The van der Waals surface area contributed by atoms with Crippen LogP contribution in [0.2, 0.25) is 5.02 Å². The van der Waals surface area contributed by atoms with Gasteiger partial charge in [-0.25, -0.2) is 4.98 Å². The summed E-state index contributed by atoms with van der Waals surface area (Å²) >= 11 is 6.02. The lowest BCUT2D eigenvalue weighted by molar-refractivity contribution is 0.312. The van der Waals surface area contributed by atoms with Gasteiger partial charge in [0.2, 0.25) is 0 Å². The van der Waals surface area contributed by atoms with Gasteiger partial charge in [-0.3, -0.25) is 4.99 Å². The summed E-state index contributed by atoms with van der Waals surface area (Å²) in [6, 6.07) is 12.0. The number of hydrogen-bond acceptors (Lipinski definition) is 4. The van der Waals surface area contributed by atoms with Crippen molar-refractivity contribution in [3.63, 3.8) is 0 Å². The molecule has 0 spiro atoms. The number of piperazine rings is 1. The number of anilines is 1. The molecule has 152 valence electrons. The van der Waals surface area contributed by atoms with Gasteiger partial charge in [0.25, 0.3) is 0 Å². The average molecular weight is 515 g/mol. The Labute approximate surface area is 189 Å². The molecule has 0 saturated carbocycles. The molecule has 2 N–H and O–H groups in total. The summed E-state index contributed by atoms with van der Waals surface area (Å²) in [5.41, 5.74) is 2.24. The highest BCUT2D eigenvalue weighted by Gasteiger charge is 2.14. The summed E-state index contributed by atoms with van der Waals surface area (Å²) in [5, 5.41) is 7.36. The van der Waals surface area contributed by atoms with E-state index in [1.807, 2.05) is 30.5 Å². The van der Waals surface area contributed by atoms with Gasteiger partial charge in [0, 0.05) is 57.5 Å². The molecular weight excluding hydrogens is 487 g/mol. The van der Waals surface area contributed by atoms with E-state index in [0.29, 0.717) is 13.1 Å². The number of pyridine rings is 1. The first-order valence-corrected chi connectivity index (χ1v) is 9.59. The lowest BCUT2D eigenvalue weighted by Crippen LogP contribution is -2.44. The second-order valence-electron chi connectivity index (χ2n) is 6.72. The number of hydrogen-bond donors (Lipinski definition) is 2. The molecule has 6 nitrogen and oxygen atoms in total. The van der Waals surface area contributed by atoms with Crippen LogP contribution in [-0.2, 0) is 13.1 Å². The fourth-order valence-electron chi connectivity index (χ4n) is 2.98. The smallest absolute Gasteiger partial charge is 0.191 e. The molecule has 8 heteroatoms. The fraction of sp³-hybridized carbons (Fsp3) is 0.400. The Kier molecular flexibility index (Phi) is 9.27. The molecule has 1 aliphatic rings. The van der Waals surface area contributed by atoms with Crippen molar-refractivity contribution < 1.29 is 0 Å². The van der Waals surface area contributed by atoms with Crippen molar-refractivity contribution in [1.82, 2.24) is 20.5 Å². The summed E-state index contributed by atoms with van der Waals surface area (Å²) in [6.07, 6.45) is 1.94. The summed E-state index contributed by atoms with van der Waals surface area (Å²) in [5.74, 6) is 1.80. The average Bonchev–Trinajstić information content (AvgIpc) is 2.69. The Bertz CT molecular complexity index is 760. The molecule has 3 rings (SSSR count). The van der Waals surface area contributed by atoms with E-state index in [1.54, 1.807) is 7.05 Å². The molecule has 0 radical (unpaired) electrons. The highest BCUT2D eigenvalue weighted by molar-refractivity contribution is 14.0. The Morgan fingerprint density at radius 3 is 2.39 bits per heavy atom. The molecule has 0 atom stereocenters. The van der Waals surface area contributed by atoms with Gasteiger partial charge in [-0.05, 0) is 36.4 Å². The largest absolute Gasteiger partial charge is 0.354 e. The third-order valence-electron chi connectivity index (χ3n) is 4.67. The van der Waals surface area contributed by atoms with Crippen LogP contribution in [0.15, 0.2) is 47.6 Å². The predicted octanol–water partition coefficient (Wildman–Crippen LogP) is 2.97. The van der Waals surface area contributed by atoms with Crippen molar-refractivity contribution in [1.29, 1.82) is 0 Å². The van der Waals surface area contributed by atoms with Crippen molar-refractivity contribution in [3.05, 3.63) is 58.7 Å². The topological polar surface area (TPSA) is 55.8 Å². The quantitative estimate of drug-likeness (QED) is 0.365. The summed E-state index contributed by atoms with van der Waals surface area (Å²) in [6.45, 7) is 5.56. The molecule has 0 aliphatic carbocycles. The van der Waals surface area contributed by atoms with E-state index in [4.69, 9.17) is 11.6 Å². The monoisotopic (exact) mass is 514 g/mol. The van der Waals surface area contributed by atoms with Gasteiger partial charge >= 0.3 is 0 Å². The molecule has 0 unspecified atom stereocenters. The maximum absolute atomic E-state index is 6.02. The van der Waals surface area contributed by atoms with Crippen LogP contribution in [0.1, 0.15) is 11.1 Å². The molecule has 1 saturated heterocycles. The fourth-order valence-corrected chi connectivity index (χ4v) is 3.20. The van der Waals surface area contributed by atoms with Crippen LogP contribution in [0.25, 0.3) is 0 Å². The van der Waals surface area contributed by atoms with E-state index in [1.165, 1.54) is 0 Å². The molecule has 1 aromatic carbocycles. The minimum atomic E-state index is 0. The van der Waals surface area contributed by atoms with Crippen molar-refractivity contribution in [2.45, 2.75) is 13.1 Å². The summed E-state index contributed by atoms with van der Waals surface area (Å²) < 4.78 is 0. The Morgan fingerprint density at radius 2 is 1.79 bits per heavy atom. The van der Waals surface area contributed by atoms with Gasteiger partial charge in [0.15, 0.2) is 5.96 Å². The van der Waals surface area contributed by atoms with Crippen molar-refractivity contribution in [2.75, 3.05) is 45.2 Å². The third kappa shape index (κ3) is 6.79. The van der Waals surface area contributed by atoms with E-state index in [2.05, 4.69) is 49.6 Å². The van der Waals surface area contributed by atoms with E-state index >= 15 is 0 Å². The first-order chi connectivity index (χ1) is 13.1. The van der Waals surface area contributed by atoms with Crippen LogP contribution in [0.3, 0.4) is 0 Å². The lowest BCUT2D eigenvalue weighted by Gasteiger charge is -2.33. The number of nitrogens with one attached hydrogen (secondary N) is 2. The van der Waals surface area contributed by atoms with E-state index < -0.39 is 0 Å². The molecule has 0 bridgehead atoms. The number of rotatable bonds is 5. The van der Waals surface area contributed by atoms with Crippen molar-refractivity contribution in [3.8, 4) is 0 Å². The van der Waals surface area contributed by atoms with Gasteiger partial charge in [-0.1, -0.05) is 29.8 Å². The van der Waals surface area contributed by atoms with Crippen LogP contribution in [0.5, 0.6) is 0 Å². The highest BCUT2D eigenvalue weighted by atomic mass is 127. The van der Waals surface area contributed by atoms with E-state index in [9.17, 15) is 0 Å². The highest BCUT2D eigenvalue weighted by Crippen LogP contribution is 2.13. The number of guanidine groups is 1. The molecule has 2 heterocycles. The van der Waals surface area contributed by atoms with E-state index in [-0.39, 0.29) is 24.0 Å². The molecule has 0 amide bonds. The van der Waals surface area contributed by atoms with Crippen LogP contribution in [0.4, 0.5) is 5.82 Å². The Hall–Kier alpha value is -1.58. The first kappa shape index (κ1) is 22.7. The molecule has 1 aromatic heterocycles. The van der Waals surface area contributed by atoms with Gasteiger partial charge < -0.3 is 20.4 Å². The van der Waals surface area contributed by atoms with Gasteiger partial charge in [-0.2, -0.15) is 0 Å². The van der Waals surface area contributed by atoms with Gasteiger partial charge in [0.1, 0.15) is 5.82 Å². The predicted molar refractivity (Wildman–Crippen MR) is 128 cm³/mol. The van der Waals surface area contributed by atoms with Crippen LogP contribution < -0.4 is 15.5 Å². The molecule has 1 fully saturated rings. The second kappa shape index (κ2) is 11.4. The second-order valence-corrected chi connectivity index (χ2v) is 7.16. The van der Waals surface area contributed by atoms with Crippen LogP contribution >= 0.6 is 35.6 Å². The standard InChI is InChI=1S/C20H27ClN6.HI/c1-22-20(24-13-16-4-3-5-18(21)12-16)25-15-17-6-7-19(23-14-17)27-10-8-26(2)9-11-27;/h3-7,12,14H,8-11,13,15H2,1-2H3,(H2,22,24,25);1H. The molecule has 28 heavy (non-hydrogen) atoms. The number of likely N-dealkylation sites (N-methyl/N-ethyl adjacent to an activating group) is 1. The Morgan fingerprint density at radius 1 is 1.07 bits per heavy atom. The number of benzene rings is 1. The zero-order valence-electron chi connectivity index (χ0n) is 16.4. The minimum absolute atomic E-state index is 0. The molecule has 1 aliphatic heterocycles. The summed E-state index contributed by atoms with van der Waals surface area (Å²) in [7, 11) is 3.93. The molecular formula is C20H28ClIN6. The first-order valence-electron chi connectivity index (χ1n) is 9.21. The van der Waals surface area contributed by atoms with Crippen LogP contribution in [-0.4, -0.2) is 56.1 Å². The third-order valence-corrected chi connectivity index (χ3v) is 4.90. The van der Waals surface area contributed by atoms with Crippen LogP contribution in [0, 0.1) is 0 Å². The normalized spacial score (nSPS) is 15.1. The SMILES string of the molecule is CN=C(NCc1ccc(N2CCN(C)CC2)nc1)NCc1cccc(Cl)c1.I. The zero-order valence-corrected chi connectivity index (χ0v) is 19.4. The van der Waals surface area contributed by atoms with Crippen molar-refractivity contribution >= 4 is 47.4 Å². The number of aliphatic imine (C=N–C) groups is 1.